The molecule has 0 spiro atoms. The van der Waals surface area contributed by atoms with Crippen LogP contribution in [0.5, 0.6) is 5.75 Å². The van der Waals surface area contributed by atoms with Gasteiger partial charge < -0.3 is 4.74 Å². The Labute approximate surface area is 123 Å². The molecule has 2 heterocycles. The first-order valence-corrected chi connectivity index (χ1v) is 7.63. The smallest absolute Gasteiger partial charge is 0.122 e. The molecule has 0 aliphatic carbocycles. The zero-order valence-electron chi connectivity index (χ0n) is 11.8. The fourth-order valence-electron chi connectivity index (χ4n) is 2.50. The van der Waals surface area contributed by atoms with Crippen molar-refractivity contribution in [3.63, 3.8) is 0 Å². The van der Waals surface area contributed by atoms with Crippen LogP contribution in [0, 0.1) is 13.8 Å². The molecule has 0 radical (unpaired) electrons. The Balaban J connectivity index is 1.82. The van der Waals surface area contributed by atoms with Crippen LogP contribution in [-0.2, 0) is 12.8 Å². The molecule has 3 N–H and O–H groups in total. The number of fused-ring (bicyclic) bond motifs is 1. The number of nitrogens with two attached hydrogens (primary N) is 1. The minimum atomic E-state index is 0.0887. The van der Waals surface area contributed by atoms with Crippen molar-refractivity contribution in [1.82, 2.24) is 10.4 Å². The van der Waals surface area contributed by atoms with E-state index < -0.39 is 0 Å². The maximum Gasteiger partial charge on any atom is 0.122 e. The number of hydrazine groups is 1. The normalized spacial score (nSPS) is 14.9. The minimum absolute atomic E-state index is 0.0887. The molecule has 0 saturated carbocycles. The van der Waals surface area contributed by atoms with Crippen molar-refractivity contribution in [2.75, 3.05) is 6.61 Å². The summed E-state index contributed by atoms with van der Waals surface area (Å²) < 4.78 is 5.54. The van der Waals surface area contributed by atoms with Crippen molar-refractivity contribution in [2.45, 2.75) is 32.7 Å². The summed E-state index contributed by atoms with van der Waals surface area (Å²) >= 11 is 1.75. The van der Waals surface area contributed by atoms with Gasteiger partial charge >= 0.3 is 0 Å². The third kappa shape index (κ3) is 2.57. The van der Waals surface area contributed by atoms with Crippen LogP contribution in [0.3, 0.4) is 0 Å². The van der Waals surface area contributed by atoms with Gasteiger partial charge in [0.15, 0.2) is 0 Å². The van der Waals surface area contributed by atoms with Crippen LogP contribution in [0.25, 0.3) is 0 Å². The van der Waals surface area contributed by atoms with Gasteiger partial charge in [0.2, 0.25) is 0 Å². The molecule has 106 valence electrons. The number of aromatic nitrogens is 1. The van der Waals surface area contributed by atoms with Gasteiger partial charge in [0.25, 0.3) is 0 Å². The molecule has 20 heavy (non-hydrogen) atoms. The maximum absolute atomic E-state index is 5.74. The van der Waals surface area contributed by atoms with Crippen LogP contribution in [0.1, 0.15) is 32.7 Å². The Hall–Kier alpha value is -1.43. The highest BCUT2D eigenvalue weighted by Gasteiger charge is 2.18. The summed E-state index contributed by atoms with van der Waals surface area (Å²) in [6, 6.07) is 6.41. The van der Waals surface area contributed by atoms with Crippen LogP contribution < -0.4 is 16.0 Å². The van der Waals surface area contributed by atoms with Gasteiger partial charge in [-0.05, 0) is 31.0 Å². The molecular formula is C15H19N3OS. The van der Waals surface area contributed by atoms with E-state index in [-0.39, 0.29) is 6.04 Å². The van der Waals surface area contributed by atoms with Crippen molar-refractivity contribution in [3.05, 3.63) is 44.9 Å². The number of benzene rings is 1. The van der Waals surface area contributed by atoms with Crippen molar-refractivity contribution in [1.29, 1.82) is 0 Å². The van der Waals surface area contributed by atoms with E-state index in [2.05, 4.69) is 29.5 Å². The molecule has 0 saturated heterocycles. The molecule has 1 atom stereocenters. The van der Waals surface area contributed by atoms with Gasteiger partial charge in [-0.25, -0.2) is 4.98 Å². The van der Waals surface area contributed by atoms with Crippen LogP contribution >= 0.6 is 11.3 Å². The number of aryl methyl sites for hydroxylation is 2. The van der Waals surface area contributed by atoms with Crippen LogP contribution in [0.4, 0.5) is 0 Å². The van der Waals surface area contributed by atoms with E-state index in [1.54, 1.807) is 11.3 Å². The molecular weight excluding hydrogens is 270 g/mol. The molecule has 4 nitrogen and oxygen atoms in total. The lowest BCUT2D eigenvalue weighted by Gasteiger charge is -2.15. The number of thiazole rings is 1. The Morgan fingerprint density at radius 3 is 3.00 bits per heavy atom. The van der Waals surface area contributed by atoms with Crippen molar-refractivity contribution < 1.29 is 4.74 Å². The number of nitrogens with one attached hydrogen (secondary N) is 1. The molecule has 2 aromatic rings. The lowest BCUT2D eigenvalue weighted by molar-refractivity contribution is 0.356. The molecule has 1 aliphatic rings. The fraction of sp³-hybridized carbons (Fsp3) is 0.400. The second-order valence-corrected chi connectivity index (χ2v) is 6.43. The minimum Gasteiger partial charge on any atom is -0.493 e. The standard InChI is InChI=1S/C15H19N3OS/c1-9-10(2)20-15(17-9)8-13(18-16)11-3-4-14-12(7-11)5-6-19-14/h3-4,7,13,18H,5-6,8,16H2,1-2H3. The molecule has 5 heteroatoms. The molecule has 1 unspecified atom stereocenters. The highest BCUT2D eigenvalue weighted by atomic mass is 32.1. The molecule has 0 amide bonds. The van der Waals surface area contributed by atoms with Crippen molar-refractivity contribution in [2.24, 2.45) is 5.84 Å². The number of rotatable bonds is 4. The van der Waals surface area contributed by atoms with Gasteiger partial charge in [-0.1, -0.05) is 12.1 Å². The summed E-state index contributed by atoms with van der Waals surface area (Å²) in [6.45, 7) is 4.94. The van der Waals surface area contributed by atoms with Crippen molar-refractivity contribution >= 4 is 11.3 Å². The van der Waals surface area contributed by atoms with Gasteiger partial charge in [-0.3, -0.25) is 11.3 Å². The first-order valence-electron chi connectivity index (χ1n) is 6.82. The predicted molar refractivity (Wildman–Crippen MR) is 81.0 cm³/mol. The van der Waals surface area contributed by atoms with E-state index in [1.165, 1.54) is 16.0 Å². The molecule has 0 bridgehead atoms. The highest BCUT2D eigenvalue weighted by Crippen LogP contribution is 2.30. The first-order chi connectivity index (χ1) is 9.67. The highest BCUT2D eigenvalue weighted by molar-refractivity contribution is 7.11. The van der Waals surface area contributed by atoms with E-state index in [1.807, 2.05) is 13.0 Å². The Morgan fingerprint density at radius 2 is 2.30 bits per heavy atom. The molecule has 1 aromatic carbocycles. The monoisotopic (exact) mass is 289 g/mol. The van der Waals surface area contributed by atoms with E-state index in [9.17, 15) is 0 Å². The van der Waals surface area contributed by atoms with E-state index in [0.717, 1.165) is 35.9 Å². The number of ether oxygens (including phenoxy) is 1. The summed E-state index contributed by atoms with van der Waals surface area (Å²) in [5.41, 5.74) is 6.50. The third-order valence-corrected chi connectivity index (χ3v) is 4.86. The molecule has 0 fully saturated rings. The summed E-state index contributed by atoms with van der Waals surface area (Å²) in [4.78, 5) is 5.87. The van der Waals surface area contributed by atoms with Gasteiger partial charge in [-0.2, -0.15) is 0 Å². The van der Waals surface area contributed by atoms with E-state index in [0.29, 0.717) is 0 Å². The van der Waals surface area contributed by atoms with Crippen molar-refractivity contribution in [3.8, 4) is 5.75 Å². The zero-order chi connectivity index (χ0) is 14.1. The summed E-state index contributed by atoms with van der Waals surface area (Å²) in [6.07, 6.45) is 1.80. The third-order valence-electron chi connectivity index (χ3n) is 3.77. The Kier molecular flexibility index (Phi) is 3.74. The van der Waals surface area contributed by atoms with E-state index >= 15 is 0 Å². The van der Waals surface area contributed by atoms with Crippen LogP contribution in [0.15, 0.2) is 18.2 Å². The lowest BCUT2D eigenvalue weighted by atomic mass is 10.0. The van der Waals surface area contributed by atoms with Crippen LogP contribution in [-0.4, -0.2) is 11.6 Å². The number of nitrogens with zero attached hydrogens (tertiary/aromatic N) is 1. The predicted octanol–water partition coefficient (Wildman–Crippen LogP) is 2.44. The molecule has 3 rings (SSSR count). The summed E-state index contributed by atoms with van der Waals surface area (Å²) in [5.74, 6) is 6.74. The SMILES string of the molecule is Cc1nc(CC(NN)c2ccc3c(c2)CCO3)sc1C. The first kappa shape index (κ1) is 13.5. The quantitative estimate of drug-likeness (QED) is 0.670. The maximum atomic E-state index is 5.74. The zero-order valence-corrected chi connectivity index (χ0v) is 12.6. The second-order valence-electron chi connectivity index (χ2n) is 5.14. The molecule has 1 aliphatic heterocycles. The van der Waals surface area contributed by atoms with Gasteiger partial charge in [-0.15, -0.1) is 11.3 Å². The van der Waals surface area contributed by atoms with E-state index in [4.69, 9.17) is 10.6 Å². The Morgan fingerprint density at radius 1 is 1.45 bits per heavy atom. The summed E-state index contributed by atoms with van der Waals surface area (Å²) in [5, 5.41) is 1.12. The van der Waals surface area contributed by atoms with Crippen LogP contribution in [0.2, 0.25) is 0 Å². The number of hydrogen-bond acceptors (Lipinski definition) is 5. The number of hydrogen-bond donors (Lipinski definition) is 2. The summed E-state index contributed by atoms with van der Waals surface area (Å²) in [7, 11) is 0. The fourth-order valence-corrected chi connectivity index (χ4v) is 3.48. The molecule has 1 aromatic heterocycles. The van der Waals surface area contributed by atoms with Gasteiger partial charge in [0.1, 0.15) is 5.75 Å². The second kappa shape index (κ2) is 5.52. The topological polar surface area (TPSA) is 60.2 Å². The average Bonchev–Trinajstić information content (AvgIpc) is 3.02. The lowest BCUT2D eigenvalue weighted by Crippen LogP contribution is -2.29. The van der Waals surface area contributed by atoms with Gasteiger partial charge in [0.05, 0.1) is 23.4 Å². The average molecular weight is 289 g/mol. The largest absolute Gasteiger partial charge is 0.493 e. The van der Waals surface area contributed by atoms with Gasteiger partial charge in [0, 0.05) is 17.7 Å². The Bertz CT molecular complexity index is 604.